The third kappa shape index (κ3) is 7.87. The van der Waals surface area contributed by atoms with Crippen LogP contribution in [0.3, 0.4) is 0 Å². The highest BCUT2D eigenvalue weighted by atomic mass is 16.5. The number of benzene rings is 1. The summed E-state index contributed by atoms with van der Waals surface area (Å²) in [5.74, 6) is 0.518. The van der Waals surface area contributed by atoms with E-state index in [-0.39, 0.29) is 5.97 Å². The number of rotatable bonds is 12. The van der Waals surface area contributed by atoms with Crippen molar-refractivity contribution in [3.8, 4) is 5.75 Å². The van der Waals surface area contributed by atoms with E-state index in [0.717, 1.165) is 25.2 Å². The second-order valence-corrected chi connectivity index (χ2v) is 5.29. The topological polar surface area (TPSA) is 35.5 Å². The molecule has 0 aliphatic carbocycles. The molecule has 0 saturated heterocycles. The smallest absolute Gasteiger partial charge is 0.338 e. The molecule has 3 nitrogen and oxygen atoms in total. The molecule has 1 rings (SSSR count). The molecule has 0 aliphatic rings. The lowest BCUT2D eigenvalue weighted by Crippen LogP contribution is -2.04. The Kier molecular flexibility index (Phi) is 9.84. The summed E-state index contributed by atoms with van der Waals surface area (Å²) in [6.45, 7) is 6.65. The van der Waals surface area contributed by atoms with E-state index < -0.39 is 0 Å². The van der Waals surface area contributed by atoms with Gasteiger partial charge < -0.3 is 9.47 Å². The van der Waals surface area contributed by atoms with Gasteiger partial charge in [-0.2, -0.15) is 0 Å². The molecule has 1 aromatic rings. The summed E-state index contributed by atoms with van der Waals surface area (Å²) in [5.41, 5.74) is 0.564. The second-order valence-electron chi connectivity index (χ2n) is 5.29. The van der Waals surface area contributed by atoms with Crippen molar-refractivity contribution in [3.63, 3.8) is 0 Å². The van der Waals surface area contributed by atoms with E-state index in [9.17, 15) is 4.79 Å². The Bertz CT molecular complexity index is 423. The largest absolute Gasteiger partial charge is 0.494 e. The maximum atomic E-state index is 11.5. The Morgan fingerprint density at radius 3 is 2.32 bits per heavy atom. The maximum absolute atomic E-state index is 11.5. The zero-order valence-electron chi connectivity index (χ0n) is 13.7. The van der Waals surface area contributed by atoms with Gasteiger partial charge in [0.15, 0.2) is 0 Å². The standard InChI is InChI=1S/C19H28O3/c1-3-5-6-7-8-9-10-11-16-22-18-14-12-17(13-15-18)19(20)21-4-2/h3,12-15H,1,4-11,16H2,2H3. The highest BCUT2D eigenvalue weighted by Crippen LogP contribution is 2.14. The molecule has 0 atom stereocenters. The molecule has 0 aromatic heterocycles. The fourth-order valence-electron chi connectivity index (χ4n) is 2.19. The molecule has 0 unspecified atom stereocenters. The molecule has 0 spiro atoms. The summed E-state index contributed by atoms with van der Waals surface area (Å²) < 4.78 is 10.6. The number of carbonyl (C=O) groups excluding carboxylic acids is 1. The number of allylic oxidation sites excluding steroid dienone is 1. The quantitative estimate of drug-likeness (QED) is 0.304. The van der Waals surface area contributed by atoms with E-state index in [4.69, 9.17) is 9.47 Å². The normalized spacial score (nSPS) is 10.2. The van der Waals surface area contributed by atoms with Gasteiger partial charge in [0.1, 0.15) is 5.75 Å². The molecule has 0 saturated carbocycles. The van der Waals surface area contributed by atoms with Gasteiger partial charge in [0.25, 0.3) is 0 Å². The molecule has 1 aromatic carbocycles. The Morgan fingerprint density at radius 2 is 1.68 bits per heavy atom. The Morgan fingerprint density at radius 1 is 1.05 bits per heavy atom. The first-order valence-electron chi connectivity index (χ1n) is 8.28. The predicted octanol–water partition coefficient (Wildman–Crippen LogP) is 5.16. The molecule has 0 heterocycles. The van der Waals surface area contributed by atoms with Crippen molar-refractivity contribution in [1.82, 2.24) is 0 Å². The third-order valence-electron chi connectivity index (χ3n) is 3.44. The molecular formula is C19H28O3. The van der Waals surface area contributed by atoms with Crippen molar-refractivity contribution in [1.29, 1.82) is 0 Å². The highest BCUT2D eigenvalue weighted by Gasteiger charge is 2.05. The molecule has 22 heavy (non-hydrogen) atoms. The molecule has 0 radical (unpaired) electrons. The summed E-state index contributed by atoms with van der Waals surface area (Å²) >= 11 is 0. The SMILES string of the molecule is C=CCCCCCCCCOc1ccc(C(=O)OCC)cc1. The van der Waals surface area contributed by atoms with E-state index in [1.165, 1.54) is 32.1 Å². The summed E-state index contributed by atoms with van der Waals surface area (Å²) in [6.07, 6.45) is 10.5. The Labute approximate surface area is 134 Å². The summed E-state index contributed by atoms with van der Waals surface area (Å²) in [5, 5.41) is 0. The number of carbonyl (C=O) groups is 1. The van der Waals surface area contributed by atoms with Gasteiger partial charge in [-0.3, -0.25) is 0 Å². The minimum absolute atomic E-state index is 0.287. The van der Waals surface area contributed by atoms with Gasteiger partial charge >= 0.3 is 5.97 Å². The first-order valence-corrected chi connectivity index (χ1v) is 8.28. The Balaban J connectivity index is 2.10. The van der Waals surface area contributed by atoms with Gasteiger partial charge in [-0.1, -0.05) is 31.8 Å². The van der Waals surface area contributed by atoms with E-state index in [1.54, 1.807) is 19.1 Å². The predicted molar refractivity (Wildman–Crippen MR) is 90.4 cm³/mol. The van der Waals surface area contributed by atoms with Crippen LogP contribution in [0.5, 0.6) is 5.75 Å². The molecule has 0 aliphatic heterocycles. The van der Waals surface area contributed by atoms with E-state index in [1.807, 2.05) is 18.2 Å². The fraction of sp³-hybridized carbons (Fsp3) is 0.526. The Hall–Kier alpha value is -1.77. The third-order valence-corrected chi connectivity index (χ3v) is 3.44. The number of esters is 1. The van der Waals surface area contributed by atoms with Crippen LogP contribution in [0.15, 0.2) is 36.9 Å². The van der Waals surface area contributed by atoms with Crippen molar-refractivity contribution in [2.75, 3.05) is 13.2 Å². The molecule has 0 bridgehead atoms. The summed E-state index contributed by atoms with van der Waals surface area (Å²) in [4.78, 5) is 11.5. The molecule has 3 heteroatoms. The van der Waals surface area contributed by atoms with Crippen LogP contribution < -0.4 is 4.74 Å². The van der Waals surface area contributed by atoms with Crippen LogP contribution >= 0.6 is 0 Å². The average molecular weight is 304 g/mol. The zero-order valence-corrected chi connectivity index (χ0v) is 13.7. The van der Waals surface area contributed by atoms with Crippen LogP contribution in [0.4, 0.5) is 0 Å². The van der Waals surface area contributed by atoms with Crippen LogP contribution in [0.25, 0.3) is 0 Å². The van der Waals surface area contributed by atoms with Crippen LogP contribution in [0.1, 0.15) is 62.2 Å². The van der Waals surface area contributed by atoms with Crippen molar-refractivity contribution in [3.05, 3.63) is 42.5 Å². The summed E-state index contributed by atoms with van der Waals surface area (Å²) in [6, 6.07) is 7.13. The highest BCUT2D eigenvalue weighted by molar-refractivity contribution is 5.89. The second kappa shape index (κ2) is 11.8. The lowest BCUT2D eigenvalue weighted by atomic mass is 10.1. The number of hydrogen-bond acceptors (Lipinski definition) is 3. The number of unbranched alkanes of at least 4 members (excludes halogenated alkanes) is 6. The minimum atomic E-state index is -0.287. The minimum Gasteiger partial charge on any atom is -0.494 e. The molecule has 0 fully saturated rings. The van der Waals surface area contributed by atoms with Gasteiger partial charge in [-0.15, -0.1) is 6.58 Å². The van der Waals surface area contributed by atoms with E-state index in [0.29, 0.717) is 12.2 Å². The molecule has 0 amide bonds. The molecule has 122 valence electrons. The molecule has 0 N–H and O–H groups in total. The van der Waals surface area contributed by atoms with Gasteiger partial charge in [0.2, 0.25) is 0 Å². The van der Waals surface area contributed by atoms with Crippen molar-refractivity contribution in [2.45, 2.75) is 51.9 Å². The fourth-order valence-corrected chi connectivity index (χ4v) is 2.19. The summed E-state index contributed by atoms with van der Waals surface area (Å²) in [7, 11) is 0. The van der Waals surface area contributed by atoms with E-state index >= 15 is 0 Å². The molecular weight excluding hydrogens is 276 g/mol. The van der Waals surface area contributed by atoms with Gasteiger partial charge in [-0.05, 0) is 50.5 Å². The van der Waals surface area contributed by atoms with Crippen LogP contribution in [0.2, 0.25) is 0 Å². The lowest BCUT2D eigenvalue weighted by molar-refractivity contribution is 0.0526. The van der Waals surface area contributed by atoms with Crippen molar-refractivity contribution < 1.29 is 14.3 Å². The van der Waals surface area contributed by atoms with Crippen LogP contribution in [-0.2, 0) is 4.74 Å². The monoisotopic (exact) mass is 304 g/mol. The number of hydrogen-bond donors (Lipinski definition) is 0. The van der Waals surface area contributed by atoms with E-state index in [2.05, 4.69) is 6.58 Å². The van der Waals surface area contributed by atoms with Gasteiger partial charge in [0.05, 0.1) is 18.8 Å². The zero-order chi connectivity index (χ0) is 16.0. The van der Waals surface area contributed by atoms with Crippen LogP contribution in [-0.4, -0.2) is 19.2 Å². The number of ether oxygens (including phenoxy) is 2. The first kappa shape index (κ1) is 18.3. The van der Waals surface area contributed by atoms with Gasteiger partial charge in [-0.25, -0.2) is 4.79 Å². The maximum Gasteiger partial charge on any atom is 0.338 e. The van der Waals surface area contributed by atoms with Gasteiger partial charge in [0, 0.05) is 0 Å². The lowest BCUT2D eigenvalue weighted by Gasteiger charge is -2.07. The van der Waals surface area contributed by atoms with Crippen molar-refractivity contribution in [2.24, 2.45) is 0 Å². The average Bonchev–Trinajstić information content (AvgIpc) is 2.54. The first-order chi connectivity index (χ1) is 10.8. The van der Waals surface area contributed by atoms with Crippen LogP contribution in [0, 0.1) is 0 Å². The van der Waals surface area contributed by atoms with Crippen molar-refractivity contribution >= 4 is 5.97 Å².